The van der Waals surface area contributed by atoms with Gasteiger partial charge in [-0.05, 0) is 31.9 Å². The number of carbonyl (C=O) groups is 1. The van der Waals surface area contributed by atoms with Gasteiger partial charge in [-0.25, -0.2) is 0 Å². The number of nitriles is 1. The van der Waals surface area contributed by atoms with Crippen molar-refractivity contribution in [2.75, 3.05) is 7.05 Å². The molecule has 1 unspecified atom stereocenters. The summed E-state index contributed by atoms with van der Waals surface area (Å²) in [7, 11) is 1.64. The molecule has 1 aromatic carbocycles. The summed E-state index contributed by atoms with van der Waals surface area (Å²) in [6.07, 6.45) is 1.61. The molecule has 0 spiro atoms. The van der Waals surface area contributed by atoms with Crippen molar-refractivity contribution in [1.82, 2.24) is 15.1 Å². The number of rotatable bonds is 5. The van der Waals surface area contributed by atoms with Crippen LogP contribution < -0.4 is 5.32 Å². The summed E-state index contributed by atoms with van der Waals surface area (Å²) in [5.41, 5.74) is 3.92. The number of nitrogens with zero attached hydrogens (tertiary/aromatic N) is 3. The zero-order chi connectivity index (χ0) is 17.0. The van der Waals surface area contributed by atoms with Gasteiger partial charge in [0.05, 0.1) is 17.3 Å². The molecule has 1 amide bonds. The number of aromatic nitrogens is 2. The molecule has 23 heavy (non-hydrogen) atoms. The first-order chi connectivity index (χ1) is 11.1. The van der Waals surface area contributed by atoms with Gasteiger partial charge in [-0.15, -0.1) is 0 Å². The SMILES string of the molecule is CCc1c(-c2ccc(C#N)cc2)nn(C(C)CC)c1C(=O)NC. The highest BCUT2D eigenvalue weighted by molar-refractivity contribution is 5.95. The number of carbonyl (C=O) groups excluding carboxylic acids is 1. The third-order valence-corrected chi connectivity index (χ3v) is 4.10. The van der Waals surface area contributed by atoms with E-state index in [1.165, 1.54) is 0 Å². The standard InChI is InChI=1S/C18H22N4O/c1-5-12(3)22-17(18(23)20-4)15(6-2)16(21-22)14-9-7-13(11-19)8-10-14/h7-10,12H,5-6H2,1-4H3,(H,20,23). The minimum atomic E-state index is -0.116. The molecule has 0 bridgehead atoms. The van der Waals surface area contributed by atoms with Gasteiger partial charge in [-0.3, -0.25) is 9.48 Å². The second-order valence-corrected chi connectivity index (χ2v) is 5.50. The lowest BCUT2D eigenvalue weighted by molar-refractivity contribution is 0.0949. The van der Waals surface area contributed by atoms with Crippen molar-refractivity contribution >= 4 is 5.91 Å². The fourth-order valence-corrected chi connectivity index (χ4v) is 2.59. The number of amides is 1. The lowest BCUT2D eigenvalue weighted by Gasteiger charge is -2.13. The minimum Gasteiger partial charge on any atom is -0.354 e. The number of hydrogen-bond donors (Lipinski definition) is 1. The third kappa shape index (κ3) is 3.11. The molecule has 0 fully saturated rings. The molecule has 1 N–H and O–H groups in total. The van der Waals surface area contributed by atoms with Gasteiger partial charge in [-0.1, -0.05) is 26.0 Å². The molecular weight excluding hydrogens is 288 g/mol. The average molecular weight is 310 g/mol. The maximum absolute atomic E-state index is 12.4. The van der Waals surface area contributed by atoms with E-state index in [0.717, 1.165) is 23.2 Å². The molecule has 0 saturated heterocycles. The molecule has 0 aliphatic carbocycles. The van der Waals surface area contributed by atoms with Crippen LogP contribution >= 0.6 is 0 Å². The van der Waals surface area contributed by atoms with Gasteiger partial charge < -0.3 is 5.32 Å². The number of hydrogen-bond acceptors (Lipinski definition) is 3. The van der Waals surface area contributed by atoms with Gasteiger partial charge in [0.1, 0.15) is 5.69 Å². The fraction of sp³-hybridized carbons (Fsp3) is 0.389. The fourth-order valence-electron chi connectivity index (χ4n) is 2.59. The Morgan fingerprint density at radius 2 is 2.00 bits per heavy atom. The Balaban J connectivity index is 2.65. The molecule has 1 atom stereocenters. The Morgan fingerprint density at radius 1 is 1.35 bits per heavy atom. The van der Waals surface area contributed by atoms with Crippen LogP contribution in [0.3, 0.4) is 0 Å². The predicted molar refractivity (Wildman–Crippen MR) is 90.1 cm³/mol. The average Bonchev–Trinajstić information content (AvgIpc) is 2.99. The monoisotopic (exact) mass is 310 g/mol. The van der Waals surface area contributed by atoms with E-state index in [2.05, 4.69) is 25.2 Å². The Labute approximate surface area is 136 Å². The highest BCUT2D eigenvalue weighted by atomic mass is 16.1. The Kier molecular flexibility index (Phi) is 5.17. The van der Waals surface area contributed by atoms with Crippen molar-refractivity contribution in [2.45, 2.75) is 39.7 Å². The quantitative estimate of drug-likeness (QED) is 0.921. The second kappa shape index (κ2) is 7.10. The van der Waals surface area contributed by atoms with Gasteiger partial charge in [-0.2, -0.15) is 10.4 Å². The van der Waals surface area contributed by atoms with Crippen LogP contribution in [0.25, 0.3) is 11.3 Å². The van der Waals surface area contributed by atoms with Gasteiger partial charge in [0.25, 0.3) is 5.91 Å². The van der Waals surface area contributed by atoms with Crippen LogP contribution in [-0.4, -0.2) is 22.7 Å². The summed E-state index contributed by atoms with van der Waals surface area (Å²) in [5, 5.41) is 16.4. The summed E-state index contributed by atoms with van der Waals surface area (Å²) in [6.45, 7) is 6.16. The van der Waals surface area contributed by atoms with Gasteiger partial charge >= 0.3 is 0 Å². The first kappa shape index (κ1) is 16.8. The van der Waals surface area contributed by atoms with Crippen LogP contribution in [-0.2, 0) is 6.42 Å². The maximum atomic E-state index is 12.4. The first-order valence-corrected chi connectivity index (χ1v) is 7.91. The van der Waals surface area contributed by atoms with Crippen LogP contribution in [0.1, 0.15) is 54.8 Å². The van der Waals surface area contributed by atoms with E-state index >= 15 is 0 Å². The molecule has 0 aliphatic rings. The number of nitrogens with one attached hydrogen (secondary N) is 1. The van der Waals surface area contributed by atoms with Gasteiger partial charge in [0, 0.05) is 24.2 Å². The molecule has 2 rings (SSSR count). The highest BCUT2D eigenvalue weighted by Crippen LogP contribution is 2.29. The molecule has 0 saturated carbocycles. The molecular formula is C18H22N4O. The second-order valence-electron chi connectivity index (χ2n) is 5.50. The Bertz CT molecular complexity index is 738. The maximum Gasteiger partial charge on any atom is 0.269 e. The minimum absolute atomic E-state index is 0.116. The zero-order valence-corrected chi connectivity index (χ0v) is 14.1. The molecule has 5 heteroatoms. The van der Waals surface area contributed by atoms with Crippen LogP contribution in [0.15, 0.2) is 24.3 Å². The zero-order valence-electron chi connectivity index (χ0n) is 14.1. The Hall–Kier alpha value is -2.61. The van der Waals surface area contributed by atoms with Crippen LogP contribution in [0.4, 0.5) is 0 Å². The van der Waals surface area contributed by atoms with E-state index in [1.54, 1.807) is 19.2 Å². The van der Waals surface area contributed by atoms with E-state index < -0.39 is 0 Å². The lowest BCUT2D eigenvalue weighted by atomic mass is 10.0. The molecule has 5 nitrogen and oxygen atoms in total. The highest BCUT2D eigenvalue weighted by Gasteiger charge is 2.24. The molecule has 1 aromatic heterocycles. The summed E-state index contributed by atoms with van der Waals surface area (Å²) >= 11 is 0. The topological polar surface area (TPSA) is 70.7 Å². The van der Waals surface area contributed by atoms with Crippen molar-refractivity contribution in [2.24, 2.45) is 0 Å². The number of benzene rings is 1. The van der Waals surface area contributed by atoms with E-state index in [9.17, 15) is 4.79 Å². The van der Waals surface area contributed by atoms with Crippen molar-refractivity contribution in [1.29, 1.82) is 5.26 Å². The third-order valence-electron chi connectivity index (χ3n) is 4.10. The van der Waals surface area contributed by atoms with Crippen LogP contribution in [0.2, 0.25) is 0 Å². The predicted octanol–water partition coefficient (Wildman–Crippen LogP) is 3.31. The van der Waals surface area contributed by atoms with E-state index in [0.29, 0.717) is 17.7 Å². The van der Waals surface area contributed by atoms with E-state index in [-0.39, 0.29) is 11.9 Å². The summed E-state index contributed by atoms with van der Waals surface area (Å²) in [6, 6.07) is 9.57. The molecule has 2 aromatic rings. The van der Waals surface area contributed by atoms with Crippen molar-refractivity contribution in [3.05, 3.63) is 41.1 Å². The molecule has 0 aliphatic heterocycles. The molecule has 1 heterocycles. The smallest absolute Gasteiger partial charge is 0.269 e. The van der Waals surface area contributed by atoms with Gasteiger partial charge in [0.15, 0.2) is 0 Å². The molecule has 0 radical (unpaired) electrons. The summed E-state index contributed by atoms with van der Waals surface area (Å²) in [5.74, 6) is -0.116. The molecule has 120 valence electrons. The normalized spacial score (nSPS) is 11.8. The lowest BCUT2D eigenvalue weighted by Crippen LogP contribution is -2.24. The van der Waals surface area contributed by atoms with E-state index in [4.69, 9.17) is 10.4 Å². The van der Waals surface area contributed by atoms with Gasteiger partial charge in [0.2, 0.25) is 0 Å². The first-order valence-electron chi connectivity index (χ1n) is 7.91. The largest absolute Gasteiger partial charge is 0.354 e. The summed E-state index contributed by atoms with van der Waals surface area (Å²) in [4.78, 5) is 12.4. The van der Waals surface area contributed by atoms with Crippen molar-refractivity contribution < 1.29 is 4.79 Å². The van der Waals surface area contributed by atoms with Crippen molar-refractivity contribution in [3.8, 4) is 17.3 Å². The van der Waals surface area contributed by atoms with E-state index in [1.807, 2.05) is 23.7 Å². The van der Waals surface area contributed by atoms with Crippen LogP contribution in [0, 0.1) is 11.3 Å². The van der Waals surface area contributed by atoms with Crippen molar-refractivity contribution in [3.63, 3.8) is 0 Å². The van der Waals surface area contributed by atoms with Crippen LogP contribution in [0.5, 0.6) is 0 Å². The Morgan fingerprint density at radius 3 is 2.48 bits per heavy atom. The summed E-state index contributed by atoms with van der Waals surface area (Å²) < 4.78 is 1.82.